The summed E-state index contributed by atoms with van der Waals surface area (Å²) < 4.78 is 0. The second-order valence-corrected chi connectivity index (χ2v) is 10.7. The predicted octanol–water partition coefficient (Wildman–Crippen LogP) is 4.82. The molecule has 1 aromatic heterocycles. The topological polar surface area (TPSA) is 74.3 Å². The Morgan fingerprint density at radius 2 is 1.85 bits per heavy atom. The third-order valence-corrected chi connectivity index (χ3v) is 8.39. The number of urea groups is 1. The molecule has 0 atom stereocenters. The van der Waals surface area contributed by atoms with Crippen LogP contribution in [0.25, 0.3) is 0 Å². The molecule has 2 aliphatic carbocycles. The average Bonchev–Trinajstić information content (AvgIpc) is 3.52. The van der Waals surface area contributed by atoms with Crippen molar-refractivity contribution in [3.8, 4) is 0 Å². The van der Waals surface area contributed by atoms with Crippen molar-refractivity contribution in [3.63, 3.8) is 0 Å². The molecular formula is C27H34N4O2S. The number of rotatable bonds is 6. The van der Waals surface area contributed by atoms with Gasteiger partial charge in [0.1, 0.15) is 5.69 Å². The van der Waals surface area contributed by atoms with E-state index in [1.54, 1.807) is 11.3 Å². The van der Waals surface area contributed by atoms with Crippen LogP contribution in [-0.2, 0) is 12.8 Å². The maximum atomic E-state index is 12.8. The van der Waals surface area contributed by atoms with Crippen molar-refractivity contribution in [2.75, 3.05) is 19.6 Å². The van der Waals surface area contributed by atoms with Gasteiger partial charge in [0.2, 0.25) is 0 Å². The van der Waals surface area contributed by atoms with E-state index in [1.165, 1.54) is 42.4 Å². The van der Waals surface area contributed by atoms with Crippen molar-refractivity contribution in [3.05, 3.63) is 63.1 Å². The molecule has 1 aliphatic heterocycles. The maximum Gasteiger partial charge on any atom is 0.317 e. The summed E-state index contributed by atoms with van der Waals surface area (Å²) >= 11 is 1.57. The van der Waals surface area contributed by atoms with Gasteiger partial charge in [-0.05, 0) is 68.9 Å². The van der Waals surface area contributed by atoms with E-state index in [0.29, 0.717) is 11.6 Å². The van der Waals surface area contributed by atoms with Gasteiger partial charge in [-0.2, -0.15) is 0 Å². The van der Waals surface area contributed by atoms with E-state index in [1.807, 2.05) is 10.3 Å². The Hall–Kier alpha value is -2.67. The standard InChI is InChI=1S/C27H34N4O2S/c32-25(29-23-16-21-8-4-5-9-22(21)17-23)24-18-34-26(30-24)20-11-14-31(15-12-20)27(33)28-13-10-19-6-2-1-3-7-19/h4-6,8-9,18,20,23H,1-3,7,10-17H2,(H,28,33)(H,29,32). The Morgan fingerprint density at radius 1 is 1.09 bits per heavy atom. The van der Waals surface area contributed by atoms with Crippen LogP contribution in [0, 0.1) is 0 Å². The average molecular weight is 479 g/mol. The first-order chi connectivity index (χ1) is 16.7. The van der Waals surface area contributed by atoms with Gasteiger partial charge in [-0.1, -0.05) is 35.9 Å². The van der Waals surface area contributed by atoms with E-state index >= 15 is 0 Å². The summed E-state index contributed by atoms with van der Waals surface area (Å²) in [7, 11) is 0. The molecule has 1 fully saturated rings. The first kappa shape index (κ1) is 23.1. The van der Waals surface area contributed by atoms with E-state index in [-0.39, 0.29) is 18.0 Å². The number of likely N-dealkylation sites (tertiary alicyclic amines) is 1. The molecule has 3 aliphatic rings. The minimum absolute atomic E-state index is 0.0478. The molecule has 0 unspecified atom stereocenters. The quantitative estimate of drug-likeness (QED) is 0.585. The zero-order chi connectivity index (χ0) is 23.3. The third kappa shape index (κ3) is 5.52. The number of carbonyl (C=O) groups is 2. The smallest absolute Gasteiger partial charge is 0.317 e. The lowest BCUT2D eigenvalue weighted by atomic mass is 9.97. The van der Waals surface area contributed by atoms with E-state index in [0.717, 1.165) is 56.7 Å². The molecule has 1 saturated heterocycles. The summed E-state index contributed by atoms with van der Waals surface area (Å²) in [5, 5.41) is 9.16. The van der Waals surface area contributed by atoms with Crippen molar-refractivity contribution >= 4 is 23.3 Å². The molecule has 2 heterocycles. The molecule has 0 bridgehead atoms. The van der Waals surface area contributed by atoms with E-state index in [9.17, 15) is 9.59 Å². The molecule has 34 heavy (non-hydrogen) atoms. The lowest BCUT2D eigenvalue weighted by Crippen LogP contribution is -2.44. The fraction of sp³-hybridized carbons (Fsp3) is 0.519. The summed E-state index contributed by atoms with van der Waals surface area (Å²) in [5.41, 5.74) is 4.67. The van der Waals surface area contributed by atoms with Crippen LogP contribution in [0.3, 0.4) is 0 Å². The Morgan fingerprint density at radius 3 is 2.56 bits per heavy atom. The van der Waals surface area contributed by atoms with Crippen LogP contribution in [-0.4, -0.2) is 47.5 Å². The van der Waals surface area contributed by atoms with Gasteiger partial charge in [-0.25, -0.2) is 9.78 Å². The SMILES string of the molecule is O=C(NC1Cc2ccccc2C1)c1csc(C2CCN(C(=O)NCCC3=CCCCC3)CC2)n1. The third-order valence-electron chi connectivity index (χ3n) is 7.38. The number of carbonyl (C=O) groups excluding carboxylic acids is 2. The highest BCUT2D eigenvalue weighted by Crippen LogP contribution is 2.30. The minimum Gasteiger partial charge on any atom is -0.347 e. The number of thiazole rings is 1. The molecule has 7 heteroatoms. The molecule has 0 radical (unpaired) electrons. The lowest BCUT2D eigenvalue weighted by Gasteiger charge is -2.31. The van der Waals surface area contributed by atoms with E-state index < -0.39 is 0 Å². The maximum absolute atomic E-state index is 12.8. The fourth-order valence-corrected chi connectivity index (χ4v) is 6.37. The Labute approximate surface area is 205 Å². The monoisotopic (exact) mass is 478 g/mol. The number of fused-ring (bicyclic) bond motifs is 1. The second kappa shape index (κ2) is 10.7. The summed E-state index contributed by atoms with van der Waals surface area (Å²) in [5.74, 6) is 0.240. The zero-order valence-corrected chi connectivity index (χ0v) is 20.5. The minimum atomic E-state index is -0.0785. The molecule has 0 saturated carbocycles. The van der Waals surface area contributed by atoms with Crippen molar-refractivity contribution in [1.29, 1.82) is 0 Å². The molecular weight excluding hydrogens is 444 g/mol. The molecule has 2 N–H and O–H groups in total. The van der Waals surface area contributed by atoms with Crippen LogP contribution in [0.2, 0.25) is 0 Å². The van der Waals surface area contributed by atoms with Gasteiger partial charge in [0.05, 0.1) is 5.01 Å². The van der Waals surface area contributed by atoms with Crippen LogP contribution in [0.5, 0.6) is 0 Å². The summed E-state index contributed by atoms with van der Waals surface area (Å²) in [6, 6.07) is 8.59. The van der Waals surface area contributed by atoms with Crippen molar-refractivity contribution in [1.82, 2.24) is 20.5 Å². The number of hydrogen-bond donors (Lipinski definition) is 2. The molecule has 1 aromatic carbocycles. The molecule has 180 valence electrons. The van der Waals surface area contributed by atoms with Crippen LogP contribution in [0.1, 0.15) is 77.5 Å². The van der Waals surface area contributed by atoms with Gasteiger partial charge in [0.25, 0.3) is 5.91 Å². The Balaban J connectivity index is 1.06. The number of amides is 3. The van der Waals surface area contributed by atoms with Gasteiger partial charge in [0, 0.05) is 37.0 Å². The highest BCUT2D eigenvalue weighted by atomic mass is 32.1. The Bertz CT molecular complexity index is 1030. The number of nitrogens with one attached hydrogen (secondary N) is 2. The molecule has 2 aromatic rings. The number of piperidine rings is 1. The summed E-state index contributed by atoms with van der Waals surface area (Å²) in [6.07, 6.45) is 11.8. The number of aromatic nitrogens is 1. The first-order valence-corrected chi connectivity index (χ1v) is 13.6. The van der Waals surface area contributed by atoms with Gasteiger partial charge in [-0.3, -0.25) is 4.79 Å². The lowest BCUT2D eigenvalue weighted by molar-refractivity contribution is 0.0934. The van der Waals surface area contributed by atoms with Crippen LogP contribution >= 0.6 is 11.3 Å². The first-order valence-electron chi connectivity index (χ1n) is 12.7. The number of benzene rings is 1. The van der Waals surface area contributed by atoms with Crippen LogP contribution in [0.4, 0.5) is 4.79 Å². The number of nitrogens with zero attached hydrogens (tertiary/aromatic N) is 2. The second-order valence-electron chi connectivity index (χ2n) is 9.77. The highest BCUT2D eigenvalue weighted by Gasteiger charge is 2.27. The van der Waals surface area contributed by atoms with Crippen molar-refractivity contribution in [2.24, 2.45) is 0 Å². The fourth-order valence-electron chi connectivity index (χ4n) is 5.40. The Kier molecular flexibility index (Phi) is 7.28. The normalized spacial score (nSPS) is 18.9. The van der Waals surface area contributed by atoms with Crippen LogP contribution in [0.15, 0.2) is 41.3 Å². The van der Waals surface area contributed by atoms with Crippen LogP contribution < -0.4 is 10.6 Å². The highest BCUT2D eigenvalue weighted by molar-refractivity contribution is 7.09. The number of allylic oxidation sites excluding steroid dienone is 1. The molecule has 0 spiro atoms. The molecule has 3 amide bonds. The van der Waals surface area contributed by atoms with E-state index in [2.05, 4.69) is 46.0 Å². The summed E-state index contributed by atoms with van der Waals surface area (Å²) in [6.45, 7) is 2.20. The van der Waals surface area contributed by atoms with Crippen molar-refractivity contribution in [2.45, 2.75) is 69.7 Å². The zero-order valence-electron chi connectivity index (χ0n) is 19.7. The van der Waals surface area contributed by atoms with E-state index in [4.69, 9.17) is 0 Å². The molecule has 6 nitrogen and oxygen atoms in total. The van der Waals surface area contributed by atoms with Gasteiger partial charge in [-0.15, -0.1) is 11.3 Å². The van der Waals surface area contributed by atoms with Gasteiger partial charge < -0.3 is 15.5 Å². The van der Waals surface area contributed by atoms with Gasteiger partial charge >= 0.3 is 6.03 Å². The predicted molar refractivity (Wildman–Crippen MR) is 135 cm³/mol. The van der Waals surface area contributed by atoms with Crippen molar-refractivity contribution < 1.29 is 9.59 Å². The molecule has 5 rings (SSSR count). The summed E-state index contributed by atoms with van der Waals surface area (Å²) in [4.78, 5) is 31.9. The number of hydrogen-bond acceptors (Lipinski definition) is 4. The van der Waals surface area contributed by atoms with Gasteiger partial charge in [0.15, 0.2) is 0 Å². The largest absolute Gasteiger partial charge is 0.347 e.